The molecule has 0 fully saturated rings. The lowest BCUT2D eigenvalue weighted by atomic mass is 9.88. The van der Waals surface area contributed by atoms with Crippen molar-refractivity contribution in [2.45, 2.75) is 58.7 Å². The molecule has 2 N–H and O–H groups in total. The summed E-state index contributed by atoms with van der Waals surface area (Å²) in [6.07, 6.45) is 0.799. The molecule has 2 aromatic rings. The Morgan fingerprint density at radius 2 is 1.85 bits per heavy atom. The fraction of sp³-hybridized carbons (Fsp3) is 0.444. The number of amides is 2. The molecule has 0 radical (unpaired) electrons. The third-order valence-electron chi connectivity index (χ3n) is 6.12. The number of aliphatic hydroxyl groups excluding tert-OH is 1. The number of fused-ring (bicyclic) bond motifs is 1. The number of likely N-dealkylation sites (N-methyl/N-ethyl adjacent to an activating group) is 1. The number of nitrogens with zero attached hydrogens (tertiary/aromatic N) is 2. The third-order valence-corrected chi connectivity index (χ3v) is 6.12. The molecule has 6 nitrogen and oxygen atoms in total. The molecule has 0 aromatic heterocycles. The van der Waals surface area contributed by atoms with Crippen LogP contribution < -0.4 is 10.2 Å². The number of carbonyl (C=O) groups excluding carboxylic acids is 2. The van der Waals surface area contributed by atoms with Gasteiger partial charge in [-0.15, -0.1) is 0 Å². The van der Waals surface area contributed by atoms with Gasteiger partial charge in [0.25, 0.3) is 5.91 Å². The highest BCUT2D eigenvalue weighted by molar-refractivity contribution is 6.20. The van der Waals surface area contributed by atoms with E-state index in [1.807, 2.05) is 45.0 Å². The van der Waals surface area contributed by atoms with Gasteiger partial charge < -0.3 is 15.3 Å². The molecule has 7 heteroatoms. The molecule has 3 atom stereocenters. The maximum atomic E-state index is 13.6. The molecular formula is C27H34FN3O3. The van der Waals surface area contributed by atoms with Crippen molar-refractivity contribution < 1.29 is 19.1 Å². The molecule has 1 heterocycles. The maximum absolute atomic E-state index is 13.6. The molecule has 0 saturated carbocycles. The summed E-state index contributed by atoms with van der Waals surface area (Å²) >= 11 is 0. The molecule has 1 aliphatic heterocycles. The molecule has 1 aliphatic rings. The van der Waals surface area contributed by atoms with Crippen LogP contribution in [0, 0.1) is 17.7 Å². The molecular weight excluding hydrogens is 433 g/mol. The number of aliphatic hydroxyl groups is 1. The average molecular weight is 468 g/mol. The number of anilines is 1. The van der Waals surface area contributed by atoms with Crippen molar-refractivity contribution in [3.05, 3.63) is 65.5 Å². The Hall–Kier alpha value is -3.06. The first-order valence-electron chi connectivity index (χ1n) is 11.9. The normalized spacial score (nSPS) is 17.6. The third kappa shape index (κ3) is 5.89. The molecule has 2 aromatic carbocycles. The van der Waals surface area contributed by atoms with Crippen molar-refractivity contribution in [3.63, 3.8) is 0 Å². The Bertz CT molecular complexity index is 1040. The van der Waals surface area contributed by atoms with Gasteiger partial charge in [0, 0.05) is 18.2 Å². The molecule has 3 rings (SSSR count). The van der Waals surface area contributed by atoms with E-state index >= 15 is 0 Å². The Labute approximate surface area is 200 Å². The zero-order chi connectivity index (χ0) is 24.8. The lowest BCUT2D eigenvalue weighted by molar-refractivity contribution is -0.133. The minimum atomic E-state index is -1.17. The van der Waals surface area contributed by atoms with Crippen molar-refractivity contribution in [1.82, 2.24) is 5.32 Å². The van der Waals surface area contributed by atoms with E-state index in [0.29, 0.717) is 35.4 Å². The molecule has 3 unspecified atom stereocenters. The second-order valence-electron chi connectivity index (χ2n) is 9.26. The Kier molecular flexibility index (Phi) is 8.56. The van der Waals surface area contributed by atoms with E-state index in [1.165, 1.54) is 17.0 Å². The Morgan fingerprint density at radius 1 is 1.18 bits per heavy atom. The summed E-state index contributed by atoms with van der Waals surface area (Å²) in [4.78, 5) is 32.8. The van der Waals surface area contributed by atoms with Crippen molar-refractivity contribution >= 4 is 23.2 Å². The van der Waals surface area contributed by atoms with Gasteiger partial charge >= 0.3 is 0 Å². The summed E-state index contributed by atoms with van der Waals surface area (Å²) in [6.45, 7) is 6.03. The second-order valence-corrected chi connectivity index (χ2v) is 9.26. The van der Waals surface area contributed by atoms with Crippen molar-refractivity contribution in [2.75, 3.05) is 11.9 Å². The number of unbranched alkanes of at least 4 members (excludes halogenated alkanes) is 1. The molecule has 0 bridgehead atoms. The second kappa shape index (κ2) is 11.4. The summed E-state index contributed by atoms with van der Waals surface area (Å²) in [5.41, 5.74) is 2.49. The maximum Gasteiger partial charge on any atom is 0.272 e. The number of nitrogens with one attached hydrogen (secondary N) is 1. The molecule has 0 aliphatic carbocycles. The highest BCUT2D eigenvalue weighted by Gasteiger charge is 2.34. The zero-order valence-electron chi connectivity index (χ0n) is 20.3. The smallest absolute Gasteiger partial charge is 0.272 e. The number of rotatable bonds is 9. The quantitative estimate of drug-likeness (QED) is 0.577. The Balaban J connectivity index is 1.99. The van der Waals surface area contributed by atoms with E-state index in [0.717, 1.165) is 12.8 Å². The van der Waals surface area contributed by atoms with E-state index in [4.69, 9.17) is 0 Å². The van der Waals surface area contributed by atoms with Crippen LogP contribution in [0.25, 0.3) is 0 Å². The predicted octanol–water partition coefficient (Wildman–Crippen LogP) is 4.30. The summed E-state index contributed by atoms with van der Waals surface area (Å²) in [7, 11) is 1.64. The van der Waals surface area contributed by atoms with Crippen LogP contribution in [0.2, 0.25) is 0 Å². The van der Waals surface area contributed by atoms with Gasteiger partial charge in [-0.1, -0.05) is 51.8 Å². The number of aliphatic imine (C=N–C) groups is 1. The number of carbonyl (C=O) groups is 2. The minimum absolute atomic E-state index is 0.196. The van der Waals surface area contributed by atoms with Gasteiger partial charge in [-0.2, -0.15) is 0 Å². The van der Waals surface area contributed by atoms with Crippen LogP contribution in [0.5, 0.6) is 0 Å². The van der Waals surface area contributed by atoms with Crippen LogP contribution in [-0.2, 0) is 9.59 Å². The van der Waals surface area contributed by atoms with Crippen LogP contribution in [0.3, 0.4) is 0 Å². The topological polar surface area (TPSA) is 82.0 Å². The first-order valence-corrected chi connectivity index (χ1v) is 11.9. The summed E-state index contributed by atoms with van der Waals surface area (Å²) in [5, 5.41) is 13.5. The summed E-state index contributed by atoms with van der Waals surface area (Å²) in [5.74, 6) is -1.59. The van der Waals surface area contributed by atoms with E-state index in [2.05, 4.69) is 10.3 Å². The number of benzodiazepines with no additional fused rings is 1. The lowest BCUT2D eigenvalue weighted by Crippen LogP contribution is -2.49. The minimum Gasteiger partial charge on any atom is -0.392 e. The zero-order valence-corrected chi connectivity index (χ0v) is 20.3. The van der Waals surface area contributed by atoms with Gasteiger partial charge in [-0.05, 0) is 49.1 Å². The van der Waals surface area contributed by atoms with Crippen LogP contribution >= 0.6 is 0 Å². The van der Waals surface area contributed by atoms with Crippen molar-refractivity contribution in [1.29, 1.82) is 0 Å². The SMILES string of the molecule is CCCCC(O)C(CC(C)C)C(=O)NC1N=C(c2ccc(F)cc2)c2ccccc2N(C)C1=O. The highest BCUT2D eigenvalue weighted by Crippen LogP contribution is 2.28. The van der Waals surface area contributed by atoms with E-state index in [-0.39, 0.29) is 17.6 Å². The van der Waals surface area contributed by atoms with Crippen molar-refractivity contribution in [3.8, 4) is 0 Å². The molecule has 34 heavy (non-hydrogen) atoms. The van der Waals surface area contributed by atoms with E-state index < -0.39 is 24.1 Å². The van der Waals surface area contributed by atoms with Crippen molar-refractivity contribution in [2.24, 2.45) is 16.8 Å². The Morgan fingerprint density at radius 3 is 2.50 bits per heavy atom. The fourth-order valence-electron chi connectivity index (χ4n) is 4.26. The van der Waals surface area contributed by atoms with Gasteiger partial charge in [-0.25, -0.2) is 9.38 Å². The van der Waals surface area contributed by atoms with Crippen LogP contribution in [0.15, 0.2) is 53.5 Å². The number of hydrogen-bond acceptors (Lipinski definition) is 4. The van der Waals surface area contributed by atoms with Crippen LogP contribution in [0.1, 0.15) is 57.6 Å². The van der Waals surface area contributed by atoms with Gasteiger partial charge in [0.2, 0.25) is 12.1 Å². The number of hydrogen-bond donors (Lipinski definition) is 2. The number of para-hydroxylation sites is 1. The van der Waals surface area contributed by atoms with E-state index in [9.17, 15) is 19.1 Å². The summed E-state index contributed by atoms with van der Waals surface area (Å²) < 4.78 is 13.6. The van der Waals surface area contributed by atoms with Gasteiger partial charge in [0.1, 0.15) is 5.82 Å². The molecule has 182 valence electrons. The lowest BCUT2D eigenvalue weighted by Gasteiger charge is -2.26. The van der Waals surface area contributed by atoms with Gasteiger partial charge in [0.15, 0.2) is 0 Å². The number of benzene rings is 2. The van der Waals surface area contributed by atoms with Gasteiger partial charge in [0.05, 0.1) is 23.4 Å². The molecule has 2 amide bonds. The predicted molar refractivity (Wildman–Crippen MR) is 132 cm³/mol. The van der Waals surface area contributed by atoms with Crippen LogP contribution in [-0.4, -0.2) is 41.9 Å². The largest absolute Gasteiger partial charge is 0.392 e. The first-order chi connectivity index (χ1) is 16.2. The monoisotopic (exact) mass is 467 g/mol. The van der Waals surface area contributed by atoms with Crippen LogP contribution in [0.4, 0.5) is 10.1 Å². The first kappa shape index (κ1) is 25.6. The number of halogens is 1. The summed E-state index contributed by atoms with van der Waals surface area (Å²) in [6, 6.07) is 13.2. The standard InChI is InChI=1S/C27H34FN3O3/c1-5-6-11-23(32)21(16-17(2)3)26(33)30-25-27(34)31(4)22-10-8-7-9-20(22)24(29-25)18-12-14-19(28)15-13-18/h7-10,12-15,17,21,23,25,32H,5-6,11,16H2,1-4H3,(H,30,33). The fourth-order valence-corrected chi connectivity index (χ4v) is 4.26. The average Bonchev–Trinajstić information content (AvgIpc) is 2.92. The highest BCUT2D eigenvalue weighted by atomic mass is 19.1. The van der Waals surface area contributed by atoms with E-state index in [1.54, 1.807) is 19.2 Å². The molecule has 0 spiro atoms. The van der Waals surface area contributed by atoms with Gasteiger partial charge in [-0.3, -0.25) is 9.59 Å². The molecule has 0 saturated heterocycles.